The van der Waals surface area contributed by atoms with Crippen molar-refractivity contribution in [2.45, 2.75) is 38.1 Å². The Labute approximate surface area is 107 Å². The predicted octanol–water partition coefficient (Wildman–Crippen LogP) is -0.770. The molecule has 1 saturated carbocycles. The zero-order valence-corrected chi connectivity index (χ0v) is 10.7. The van der Waals surface area contributed by atoms with Gasteiger partial charge in [-0.2, -0.15) is 0 Å². The summed E-state index contributed by atoms with van der Waals surface area (Å²) in [6.45, 7) is 0.712. The molecule has 1 amide bonds. The van der Waals surface area contributed by atoms with E-state index in [1.165, 1.54) is 19.3 Å². The van der Waals surface area contributed by atoms with Crippen LogP contribution in [0, 0.1) is 0 Å². The van der Waals surface area contributed by atoms with E-state index in [-0.39, 0.29) is 6.61 Å². The number of amides is 1. The largest absolute Gasteiger partial charge is 0.370 e. The first-order valence-electron chi connectivity index (χ1n) is 6.36. The molecule has 7 heteroatoms. The van der Waals surface area contributed by atoms with Gasteiger partial charge in [0.2, 0.25) is 11.9 Å². The van der Waals surface area contributed by atoms with Gasteiger partial charge in [-0.1, -0.05) is 19.3 Å². The molecule has 0 atom stereocenters. The van der Waals surface area contributed by atoms with Crippen LogP contribution in [0.1, 0.15) is 32.1 Å². The maximum absolute atomic E-state index is 10.4. The number of rotatable bonds is 6. The summed E-state index contributed by atoms with van der Waals surface area (Å²) in [5, 5.41) is 3.27. The van der Waals surface area contributed by atoms with Crippen LogP contribution < -0.4 is 22.3 Å². The van der Waals surface area contributed by atoms with Crippen molar-refractivity contribution in [1.29, 1.82) is 0 Å². The summed E-state index contributed by atoms with van der Waals surface area (Å²) in [7, 11) is 0. The van der Waals surface area contributed by atoms with Crippen molar-refractivity contribution in [3.05, 3.63) is 0 Å². The monoisotopic (exact) mass is 257 g/mol. The van der Waals surface area contributed by atoms with Crippen LogP contribution in [0.5, 0.6) is 0 Å². The van der Waals surface area contributed by atoms with Gasteiger partial charge >= 0.3 is 0 Å². The van der Waals surface area contributed by atoms with Gasteiger partial charge in [0.25, 0.3) is 0 Å². The lowest BCUT2D eigenvalue weighted by Crippen LogP contribution is -2.47. The fraction of sp³-hybridized carbons (Fsp3) is 0.818. The van der Waals surface area contributed by atoms with Crippen LogP contribution in [0.4, 0.5) is 0 Å². The van der Waals surface area contributed by atoms with Gasteiger partial charge in [0.15, 0.2) is 0 Å². The van der Waals surface area contributed by atoms with Gasteiger partial charge in [-0.25, -0.2) is 10.8 Å². The fourth-order valence-corrected chi connectivity index (χ4v) is 1.97. The summed E-state index contributed by atoms with van der Waals surface area (Å²) in [5.74, 6) is 5.49. The molecule has 1 rings (SSSR count). The van der Waals surface area contributed by atoms with Gasteiger partial charge in [0.1, 0.15) is 6.61 Å². The number of carbonyl (C=O) groups is 1. The summed E-state index contributed by atoms with van der Waals surface area (Å²) < 4.78 is 5.00. The number of nitrogens with two attached hydrogens (primary N) is 2. The molecule has 0 aromatic rings. The second-order valence-electron chi connectivity index (χ2n) is 4.37. The number of nitrogens with zero attached hydrogens (tertiary/aromatic N) is 1. The molecule has 0 saturated heterocycles. The molecule has 0 aliphatic heterocycles. The number of ether oxygens (including phenoxy) is 1. The third kappa shape index (κ3) is 6.41. The lowest BCUT2D eigenvalue weighted by Gasteiger charge is -2.24. The normalized spacial score (nSPS) is 17.5. The summed E-state index contributed by atoms with van der Waals surface area (Å²) in [4.78, 5) is 14.7. The van der Waals surface area contributed by atoms with E-state index in [1.807, 2.05) is 0 Å². The van der Waals surface area contributed by atoms with E-state index in [0.29, 0.717) is 25.2 Å². The van der Waals surface area contributed by atoms with Crippen molar-refractivity contribution in [1.82, 2.24) is 10.7 Å². The third-order valence-corrected chi connectivity index (χ3v) is 2.83. The number of carbonyl (C=O) groups excluding carboxylic acids is 1. The Kier molecular flexibility index (Phi) is 7.12. The molecule has 0 radical (unpaired) electrons. The van der Waals surface area contributed by atoms with Crippen LogP contribution in [0.15, 0.2) is 4.99 Å². The number of nitrogens with one attached hydrogen (secondary N) is 2. The first kappa shape index (κ1) is 14.7. The minimum atomic E-state index is -0.475. The zero-order chi connectivity index (χ0) is 13.2. The van der Waals surface area contributed by atoms with Crippen LogP contribution in [-0.4, -0.2) is 37.7 Å². The maximum atomic E-state index is 10.4. The Morgan fingerprint density at radius 1 is 1.33 bits per heavy atom. The van der Waals surface area contributed by atoms with E-state index in [2.05, 4.69) is 15.7 Å². The van der Waals surface area contributed by atoms with Crippen LogP contribution in [-0.2, 0) is 9.53 Å². The Bertz CT molecular complexity index is 277. The number of guanidine groups is 1. The van der Waals surface area contributed by atoms with Crippen LogP contribution >= 0.6 is 0 Å². The first-order valence-corrected chi connectivity index (χ1v) is 6.36. The SMILES string of the molecule is NNC(=NCCOCC(N)=O)NC1CCCCC1. The highest BCUT2D eigenvalue weighted by molar-refractivity contribution is 5.79. The molecule has 0 heterocycles. The van der Waals surface area contributed by atoms with Crippen LogP contribution in [0.2, 0.25) is 0 Å². The Morgan fingerprint density at radius 2 is 2.06 bits per heavy atom. The van der Waals surface area contributed by atoms with E-state index in [4.69, 9.17) is 16.3 Å². The molecule has 1 aliphatic carbocycles. The van der Waals surface area contributed by atoms with Gasteiger partial charge < -0.3 is 15.8 Å². The summed E-state index contributed by atoms with van der Waals surface area (Å²) in [6, 6.07) is 0.445. The average molecular weight is 257 g/mol. The molecule has 0 unspecified atom stereocenters. The summed E-state index contributed by atoms with van der Waals surface area (Å²) in [5.41, 5.74) is 7.48. The quantitative estimate of drug-likeness (QED) is 0.164. The second kappa shape index (κ2) is 8.71. The van der Waals surface area contributed by atoms with Crippen molar-refractivity contribution in [3.63, 3.8) is 0 Å². The maximum Gasteiger partial charge on any atom is 0.243 e. The number of hydrazine groups is 1. The molecular weight excluding hydrogens is 234 g/mol. The van der Waals surface area contributed by atoms with Crippen molar-refractivity contribution in [2.75, 3.05) is 19.8 Å². The molecule has 1 fully saturated rings. The summed E-state index contributed by atoms with van der Waals surface area (Å²) in [6.07, 6.45) is 6.11. The van der Waals surface area contributed by atoms with Crippen molar-refractivity contribution < 1.29 is 9.53 Å². The van der Waals surface area contributed by atoms with E-state index in [0.717, 1.165) is 12.8 Å². The lowest BCUT2D eigenvalue weighted by molar-refractivity contribution is -0.122. The van der Waals surface area contributed by atoms with Gasteiger partial charge in [0.05, 0.1) is 13.2 Å². The van der Waals surface area contributed by atoms with Gasteiger partial charge in [-0.3, -0.25) is 10.2 Å². The molecule has 7 nitrogen and oxygen atoms in total. The standard InChI is InChI=1S/C11H23N5O2/c12-10(17)8-18-7-6-14-11(16-13)15-9-4-2-1-3-5-9/h9H,1-8,13H2,(H2,12,17)(H2,14,15,16). The molecule has 0 bridgehead atoms. The second-order valence-corrected chi connectivity index (χ2v) is 4.37. The number of hydrogen-bond acceptors (Lipinski definition) is 4. The molecule has 0 aromatic carbocycles. The average Bonchev–Trinajstić information content (AvgIpc) is 2.38. The van der Waals surface area contributed by atoms with Crippen LogP contribution in [0.3, 0.4) is 0 Å². The van der Waals surface area contributed by atoms with E-state index in [1.54, 1.807) is 0 Å². The number of primary amides is 1. The molecular formula is C11H23N5O2. The van der Waals surface area contributed by atoms with Crippen molar-refractivity contribution >= 4 is 11.9 Å². The van der Waals surface area contributed by atoms with Crippen molar-refractivity contribution in [3.8, 4) is 0 Å². The van der Waals surface area contributed by atoms with Gasteiger partial charge in [0, 0.05) is 6.04 Å². The highest BCUT2D eigenvalue weighted by atomic mass is 16.5. The van der Waals surface area contributed by atoms with E-state index in [9.17, 15) is 4.79 Å². The molecule has 0 spiro atoms. The zero-order valence-electron chi connectivity index (χ0n) is 10.7. The first-order chi connectivity index (χ1) is 8.72. The van der Waals surface area contributed by atoms with Crippen molar-refractivity contribution in [2.24, 2.45) is 16.6 Å². The van der Waals surface area contributed by atoms with Gasteiger partial charge in [-0.15, -0.1) is 0 Å². The fourth-order valence-electron chi connectivity index (χ4n) is 1.97. The molecule has 18 heavy (non-hydrogen) atoms. The highest BCUT2D eigenvalue weighted by Crippen LogP contribution is 2.16. The smallest absolute Gasteiger partial charge is 0.243 e. The van der Waals surface area contributed by atoms with Crippen LogP contribution in [0.25, 0.3) is 0 Å². The third-order valence-electron chi connectivity index (χ3n) is 2.83. The molecule has 0 aromatic heterocycles. The minimum absolute atomic E-state index is 0.0725. The lowest BCUT2D eigenvalue weighted by atomic mass is 9.96. The van der Waals surface area contributed by atoms with E-state index < -0.39 is 5.91 Å². The minimum Gasteiger partial charge on any atom is -0.370 e. The Hall–Kier alpha value is -1.34. The Morgan fingerprint density at radius 3 is 2.67 bits per heavy atom. The topological polar surface area (TPSA) is 115 Å². The van der Waals surface area contributed by atoms with E-state index >= 15 is 0 Å². The molecule has 6 N–H and O–H groups in total. The number of hydrogen-bond donors (Lipinski definition) is 4. The highest BCUT2D eigenvalue weighted by Gasteiger charge is 2.13. The van der Waals surface area contributed by atoms with Gasteiger partial charge in [-0.05, 0) is 12.8 Å². The Balaban J connectivity index is 2.19. The number of aliphatic imine (C=N–C) groups is 1. The molecule has 1 aliphatic rings. The molecule has 104 valence electrons. The predicted molar refractivity (Wildman–Crippen MR) is 69.6 cm³/mol. The summed E-state index contributed by atoms with van der Waals surface area (Å²) >= 11 is 0.